The van der Waals surface area contributed by atoms with E-state index in [4.69, 9.17) is 4.74 Å². The maximum Gasteiger partial charge on any atom is 0.321 e. The molecule has 0 radical (unpaired) electrons. The first-order valence-electron chi connectivity index (χ1n) is 9.33. The predicted molar refractivity (Wildman–Crippen MR) is 107 cm³/mol. The maximum absolute atomic E-state index is 13.4. The van der Waals surface area contributed by atoms with Crippen molar-refractivity contribution < 1.29 is 17.9 Å². The van der Waals surface area contributed by atoms with Gasteiger partial charge in [-0.25, -0.2) is 18.2 Å². The summed E-state index contributed by atoms with van der Waals surface area (Å²) in [6, 6.07) is 4.54. The van der Waals surface area contributed by atoms with Gasteiger partial charge in [0.2, 0.25) is 5.88 Å². The van der Waals surface area contributed by atoms with Crippen molar-refractivity contribution in [1.29, 1.82) is 0 Å². The van der Waals surface area contributed by atoms with Crippen molar-refractivity contribution in [3.05, 3.63) is 36.8 Å². The Kier molecular flexibility index (Phi) is 6.02. The molecule has 3 rings (SSSR count). The molecule has 0 aliphatic carbocycles. The lowest BCUT2D eigenvalue weighted by Crippen LogP contribution is -2.48. The van der Waals surface area contributed by atoms with Gasteiger partial charge < -0.3 is 15.0 Å². The van der Waals surface area contributed by atoms with Gasteiger partial charge in [0, 0.05) is 19.3 Å². The normalized spacial score (nSPS) is 15.8. The summed E-state index contributed by atoms with van der Waals surface area (Å²) in [5, 5.41) is 10.2. The van der Waals surface area contributed by atoms with E-state index < -0.39 is 14.6 Å². The molecule has 10 heteroatoms. The predicted octanol–water partition coefficient (Wildman–Crippen LogP) is 2.38. The largest absolute Gasteiger partial charge is 0.480 e. The van der Waals surface area contributed by atoms with E-state index in [0.29, 0.717) is 31.6 Å². The summed E-state index contributed by atoms with van der Waals surface area (Å²) in [4.78, 5) is 18.3. The number of anilines is 1. The quantitative estimate of drug-likeness (QED) is 0.791. The van der Waals surface area contributed by atoms with Crippen LogP contribution in [0.1, 0.15) is 26.7 Å². The molecule has 0 bridgehead atoms. The van der Waals surface area contributed by atoms with Crippen LogP contribution in [0.15, 0.2) is 41.7 Å². The van der Waals surface area contributed by atoms with Gasteiger partial charge in [0.05, 0.1) is 29.9 Å². The minimum absolute atomic E-state index is 0.0952. The first kappa shape index (κ1) is 21.0. The van der Waals surface area contributed by atoms with Crippen LogP contribution >= 0.6 is 0 Å². The number of amides is 2. The third kappa shape index (κ3) is 4.16. The third-order valence-electron chi connectivity index (χ3n) is 5.51. The Hall–Kier alpha value is -2.75. The van der Waals surface area contributed by atoms with E-state index in [1.807, 2.05) is 0 Å². The summed E-state index contributed by atoms with van der Waals surface area (Å²) < 4.78 is 30.9. The Bertz CT molecular complexity index is 958. The van der Waals surface area contributed by atoms with Crippen LogP contribution in [-0.2, 0) is 9.84 Å². The van der Waals surface area contributed by atoms with Gasteiger partial charge in [-0.15, -0.1) is 0 Å². The number of nitrogens with zero attached hydrogens (tertiary/aromatic N) is 4. The Morgan fingerprint density at radius 3 is 2.55 bits per heavy atom. The minimum atomic E-state index is -3.69. The van der Waals surface area contributed by atoms with Crippen molar-refractivity contribution in [2.24, 2.45) is 5.92 Å². The lowest BCUT2D eigenvalue weighted by atomic mass is 9.86. The number of rotatable bonds is 5. The van der Waals surface area contributed by atoms with Crippen LogP contribution in [0.3, 0.4) is 0 Å². The summed E-state index contributed by atoms with van der Waals surface area (Å²) in [6.45, 7) is 4.41. The zero-order valence-electron chi connectivity index (χ0n) is 16.7. The highest BCUT2D eigenvalue weighted by Gasteiger charge is 2.45. The molecule has 3 heterocycles. The van der Waals surface area contributed by atoms with Crippen LogP contribution in [0.5, 0.6) is 5.88 Å². The number of sulfone groups is 1. The van der Waals surface area contributed by atoms with Crippen molar-refractivity contribution >= 4 is 21.6 Å². The zero-order valence-corrected chi connectivity index (χ0v) is 17.5. The van der Waals surface area contributed by atoms with E-state index in [-0.39, 0.29) is 22.7 Å². The number of hydrogen-bond donors (Lipinski definition) is 1. The fourth-order valence-corrected chi connectivity index (χ4v) is 5.45. The molecule has 0 saturated carbocycles. The molecule has 1 aliphatic rings. The number of hydrogen-bond acceptors (Lipinski definition) is 7. The van der Waals surface area contributed by atoms with Crippen LogP contribution in [0, 0.1) is 5.92 Å². The lowest BCUT2D eigenvalue weighted by molar-refractivity contribution is 0.171. The smallest absolute Gasteiger partial charge is 0.321 e. The average Bonchev–Trinajstić information content (AvgIpc) is 2.74. The molecule has 2 aromatic rings. The Morgan fingerprint density at radius 1 is 1.21 bits per heavy atom. The first-order valence-corrected chi connectivity index (χ1v) is 10.8. The molecule has 9 nitrogen and oxygen atoms in total. The van der Waals surface area contributed by atoms with Crippen LogP contribution < -0.4 is 10.1 Å². The molecule has 1 fully saturated rings. The molecular formula is C19H25N5O4S. The fourth-order valence-electron chi connectivity index (χ4n) is 3.58. The number of carbonyl (C=O) groups excluding carboxylic acids is 1. The Balaban J connectivity index is 1.70. The second-order valence-electron chi connectivity index (χ2n) is 7.44. The van der Waals surface area contributed by atoms with Crippen molar-refractivity contribution in [3.63, 3.8) is 0 Å². The molecule has 0 atom stereocenters. The molecule has 0 aromatic carbocycles. The number of aromatic nitrogens is 3. The van der Waals surface area contributed by atoms with Gasteiger partial charge in [0.25, 0.3) is 0 Å². The summed E-state index contributed by atoms with van der Waals surface area (Å²) in [6.07, 6.45) is 5.64. The Morgan fingerprint density at radius 2 is 1.93 bits per heavy atom. The van der Waals surface area contributed by atoms with Gasteiger partial charge in [-0.1, -0.05) is 0 Å². The monoisotopic (exact) mass is 419 g/mol. The average molecular weight is 420 g/mol. The number of urea groups is 1. The van der Waals surface area contributed by atoms with Crippen LogP contribution in [0.25, 0.3) is 0 Å². The van der Waals surface area contributed by atoms with E-state index in [1.54, 1.807) is 30.9 Å². The first-order chi connectivity index (χ1) is 13.8. The van der Waals surface area contributed by atoms with Gasteiger partial charge in [0.1, 0.15) is 4.90 Å². The highest BCUT2D eigenvalue weighted by molar-refractivity contribution is 7.93. The number of methoxy groups -OCH3 is 1. The zero-order chi connectivity index (χ0) is 21.1. The number of piperidine rings is 1. The van der Waals surface area contributed by atoms with Crippen molar-refractivity contribution in [2.45, 2.75) is 36.3 Å². The Labute approximate surface area is 170 Å². The molecule has 2 amide bonds. The molecule has 29 heavy (non-hydrogen) atoms. The SMILES string of the molecule is COc1ncccc1S(=O)(=O)C(C)(C)C1CCN(C(=O)Nc2ccnnc2)CC1. The highest BCUT2D eigenvalue weighted by atomic mass is 32.2. The summed E-state index contributed by atoms with van der Waals surface area (Å²) in [7, 11) is -2.28. The van der Waals surface area contributed by atoms with E-state index in [1.165, 1.54) is 31.8 Å². The summed E-state index contributed by atoms with van der Waals surface area (Å²) in [5.74, 6) is -0.00703. The van der Waals surface area contributed by atoms with E-state index >= 15 is 0 Å². The topological polar surface area (TPSA) is 114 Å². The van der Waals surface area contributed by atoms with Crippen molar-refractivity contribution in [3.8, 4) is 5.88 Å². The minimum Gasteiger partial charge on any atom is -0.480 e. The second-order valence-corrected chi connectivity index (χ2v) is 9.94. The summed E-state index contributed by atoms with van der Waals surface area (Å²) in [5.41, 5.74) is 0.568. The number of carbonyl (C=O) groups is 1. The van der Waals surface area contributed by atoms with E-state index in [2.05, 4.69) is 20.5 Å². The van der Waals surface area contributed by atoms with Gasteiger partial charge in [-0.05, 0) is 50.8 Å². The maximum atomic E-state index is 13.4. The molecule has 156 valence electrons. The van der Waals surface area contributed by atoms with Crippen LogP contribution in [0.4, 0.5) is 10.5 Å². The number of likely N-dealkylation sites (tertiary alicyclic amines) is 1. The molecular weight excluding hydrogens is 394 g/mol. The number of ether oxygens (including phenoxy) is 1. The molecule has 0 spiro atoms. The van der Waals surface area contributed by atoms with Gasteiger partial charge >= 0.3 is 6.03 Å². The van der Waals surface area contributed by atoms with Crippen molar-refractivity contribution in [2.75, 3.05) is 25.5 Å². The van der Waals surface area contributed by atoms with Crippen molar-refractivity contribution in [1.82, 2.24) is 20.1 Å². The van der Waals surface area contributed by atoms with Gasteiger partial charge in [0.15, 0.2) is 9.84 Å². The molecule has 1 aliphatic heterocycles. The molecule has 2 aromatic heterocycles. The fraction of sp³-hybridized carbons (Fsp3) is 0.474. The van der Waals surface area contributed by atoms with E-state index in [9.17, 15) is 13.2 Å². The molecule has 0 unspecified atom stereocenters. The molecule has 1 saturated heterocycles. The van der Waals surface area contributed by atoms with Crippen LogP contribution in [0.2, 0.25) is 0 Å². The second kappa shape index (κ2) is 8.32. The van der Waals surface area contributed by atoms with E-state index in [0.717, 1.165) is 0 Å². The van der Waals surface area contributed by atoms with Gasteiger partial charge in [-0.2, -0.15) is 10.2 Å². The number of nitrogens with one attached hydrogen (secondary N) is 1. The van der Waals surface area contributed by atoms with Gasteiger partial charge in [-0.3, -0.25) is 0 Å². The third-order valence-corrected chi connectivity index (χ3v) is 8.12. The number of pyridine rings is 1. The lowest BCUT2D eigenvalue weighted by Gasteiger charge is -2.40. The van der Waals surface area contributed by atoms with Crippen LogP contribution in [-0.4, -0.2) is 59.5 Å². The highest BCUT2D eigenvalue weighted by Crippen LogP contribution is 2.40. The molecule has 1 N–H and O–H groups in total. The summed E-state index contributed by atoms with van der Waals surface area (Å²) >= 11 is 0. The standard InChI is InChI=1S/C19H25N5O4S/c1-19(2,29(26,27)16-5-4-9-20-17(16)28-3)14-7-11-24(12-8-14)18(25)23-15-6-10-21-22-13-15/h4-6,9-10,13-14H,7-8,11-12H2,1-3H3,(H,21,23,25).